The Labute approximate surface area is 195 Å². The predicted molar refractivity (Wildman–Crippen MR) is 127 cm³/mol. The standard InChI is InChI=1S/C24H24BrClN2O3/c1-5-28-24(20(25)13-27-28)21(29)8-6-17-7-9-22(30-4)18(12-17)14-31-19-10-15(2)23(26)16(3)11-19/h6-13H,5,14H2,1-4H3/b8-6+. The molecule has 0 fully saturated rings. The van der Waals surface area contributed by atoms with Gasteiger partial charge in [0.25, 0.3) is 0 Å². The van der Waals surface area contributed by atoms with Gasteiger partial charge in [-0.1, -0.05) is 23.7 Å². The van der Waals surface area contributed by atoms with Crippen molar-refractivity contribution in [3.8, 4) is 11.5 Å². The number of ketones is 1. The summed E-state index contributed by atoms with van der Waals surface area (Å²) in [5.41, 5.74) is 4.22. The summed E-state index contributed by atoms with van der Waals surface area (Å²) in [7, 11) is 1.62. The van der Waals surface area contributed by atoms with Gasteiger partial charge in [0.05, 0.1) is 17.8 Å². The maximum Gasteiger partial charge on any atom is 0.205 e. The van der Waals surface area contributed by atoms with Gasteiger partial charge in [0.15, 0.2) is 0 Å². The molecule has 0 atom stereocenters. The van der Waals surface area contributed by atoms with Gasteiger partial charge in [0.2, 0.25) is 5.78 Å². The SMILES string of the molecule is CCn1ncc(Br)c1C(=O)/C=C/c1ccc(OC)c(COc2cc(C)c(Cl)c(C)c2)c1. The number of hydrogen-bond donors (Lipinski definition) is 0. The van der Waals surface area contributed by atoms with Crippen LogP contribution >= 0.6 is 27.5 Å². The second kappa shape index (κ2) is 10.2. The predicted octanol–water partition coefficient (Wildman–Crippen LogP) is 6.42. The van der Waals surface area contributed by atoms with Gasteiger partial charge >= 0.3 is 0 Å². The number of benzene rings is 2. The van der Waals surface area contributed by atoms with Crippen LogP contribution in [0, 0.1) is 13.8 Å². The highest BCUT2D eigenvalue weighted by Crippen LogP contribution is 2.28. The first-order valence-electron chi connectivity index (χ1n) is 9.84. The first kappa shape index (κ1) is 23.1. The minimum Gasteiger partial charge on any atom is -0.496 e. The number of hydrogen-bond acceptors (Lipinski definition) is 4. The second-order valence-corrected chi connectivity index (χ2v) is 8.32. The molecule has 1 aromatic heterocycles. The van der Waals surface area contributed by atoms with E-state index in [2.05, 4.69) is 21.0 Å². The smallest absolute Gasteiger partial charge is 0.205 e. The van der Waals surface area contributed by atoms with E-state index in [1.807, 2.05) is 51.1 Å². The molecule has 5 nitrogen and oxygen atoms in total. The van der Waals surface area contributed by atoms with Crippen LogP contribution in [0.25, 0.3) is 6.08 Å². The number of methoxy groups -OCH3 is 1. The third-order valence-corrected chi connectivity index (χ3v) is 6.04. The minimum atomic E-state index is -0.119. The zero-order chi connectivity index (χ0) is 22.5. The van der Waals surface area contributed by atoms with Crippen molar-refractivity contribution >= 4 is 39.4 Å². The van der Waals surface area contributed by atoms with E-state index in [0.717, 1.165) is 38.8 Å². The summed E-state index contributed by atoms with van der Waals surface area (Å²) in [6, 6.07) is 9.55. The van der Waals surface area contributed by atoms with Gasteiger partial charge in [-0.05, 0) is 83.7 Å². The van der Waals surface area contributed by atoms with Gasteiger partial charge in [0, 0.05) is 17.1 Å². The fraction of sp³-hybridized carbons (Fsp3) is 0.250. The Morgan fingerprint density at radius 2 is 1.94 bits per heavy atom. The molecule has 0 aliphatic rings. The molecule has 0 aliphatic carbocycles. The maximum atomic E-state index is 12.7. The first-order chi connectivity index (χ1) is 14.8. The molecule has 0 amide bonds. The average Bonchev–Trinajstić information content (AvgIpc) is 3.14. The Balaban J connectivity index is 1.79. The van der Waals surface area contributed by atoms with Gasteiger partial charge in [-0.15, -0.1) is 0 Å². The number of nitrogens with zero attached hydrogens (tertiary/aromatic N) is 2. The molecule has 2 aromatic carbocycles. The molecular weight excluding hydrogens is 480 g/mol. The molecule has 0 bridgehead atoms. The van der Waals surface area contributed by atoms with Crippen molar-refractivity contribution in [2.45, 2.75) is 33.9 Å². The third kappa shape index (κ3) is 5.38. The number of rotatable bonds is 8. The molecule has 0 spiro atoms. The van der Waals surface area contributed by atoms with E-state index in [0.29, 0.717) is 23.3 Å². The molecule has 31 heavy (non-hydrogen) atoms. The Morgan fingerprint density at radius 1 is 1.23 bits per heavy atom. The molecule has 0 radical (unpaired) electrons. The summed E-state index contributed by atoms with van der Waals surface area (Å²) in [6.07, 6.45) is 4.96. The van der Waals surface area contributed by atoms with E-state index in [1.165, 1.54) is 0 Å². The van der Waals surface area contributed by atoms with Crippen LogP contribution in [-0.4, -0.2) is 22.7 Å². The van der Waals surface area contributed by atoms with Crippen LogP contribution in [0.15, 0.2) is 47.1 Å². The maximum absolute atomic E-state index is 12.7. The van der Waals surface area contributed by atoms with Crippen molar-refractivity contribution in [1.29, 1.82) is 0 Å². The highest BCUT2D eigenvalue weighted by atomic mass is 79.9. The van der Waals surface area contributed by atoms with E-state index in [-0.39, 0.29) is 5.78 Å². The summed E-state index contributed by atoms with van der Waals surface area (Å²) in [5, 5.41) is 4.94. The van der Waals surface area contributed by atoms with Crippen LogP contribution in [0.5, 0.6) is 11.5 Å². The highest BCUT2D eigenvalue weighted by molar-refractivity contribution is 9.10. The lowest BCUT2D eigenvalue weighted by molar-refractivity contribution is 0.103. The number of halogens is 2. The lowest BCUT2D eigenvalue weighted by Gasteiger charge is -2.13. The minimum absolute atomic E-state index is 0.119. The average molecular weight is 504 g/mol. The molecule has 0 saturated heterocycles. The summed E-state index contributed by atoms with van der Waals surface area (Å²) < 4.78 is 13.8. The normalized spacial score (nSPS) is 11.2. The van der Waals surface area contributed by atoms with Crippen LogP contribution in [0.2, 0.25) is 5.02 Å². The molecule has 0 N–H and O–H groups in total. The van der Waals surface area contributed by atoms with Crippen LogP contribution in [-0.2, 0) is 13.2 Å². The van der Waals surface area contributed by atoms with Crippen molar-refractivity contribution in [3.63, 3.8) is 0 Å². The summed E-state index contributed by atoms with van der Waals surface area (Å²) in [5.74, 6) is 1.35. The molecule has 3 rings (SSSR count). The topological polar surface area (TPSA) is 53.4 Å². The summed E-state index contributed by atoms with van der Waals surface area (Å²) in [6.45, 7) is 6.79. The second-order valence-electron chi connectivity index (χ2n) is 7.09. The van der Waals surface area contributed by atoms with E-state index in [1.54, 1.807) is 30.1 Å². The number of aromatic nitrogens is 2. The molecule has 0 unspecified atom stereocenters. The molecule has 7 heteroatoms. The van der Waals surface area contributed by atoms with Gasteiger partial charge in [-0.25, -0.2) is 0 Å². The van der Waals surface area contributed by atoms with Gasteiger partial charge in [0.1, 0.15) is 23.8 Å². The van der Waals surface area contributed by atoms with Crippen molar-refractivity contribution < 1.29 is 14.3 Å². The zero-order valence-corrected chi connectivity index (χ0v) is 20.3. The van der Waals surface area contributed by atoms with Crippen molar-refractivity contribution in [3.05, 3.63) is 80.0 Å². The summed E-state index contributed by atoms with van der Waals surface area (Å²) in [4.78, 5) is 12.7. The van der Waals surface area contributed by atoms with E-state index >= 15 is 0 Å². The highest BCUT2D eigenvalue weighted by Gasteiger charge is 2.14. The first-order valence-corrected chi connectivity index (χ1v) is 11.0. The molecule has 3 aromatic rings. The largest absolute Gasteiger partial charge is 0.496 e. The third-order valence-electron chi connectivity index (χ3n) is 4.86. The molecule has 0 aliphatic heterocycles. The number of ether oxygens (including phenoxy) is 2. The lowest BCUT2D eigenvalue weighted by atomic mass is 10.1. The molecule has 0 saturated carbocycles. The van der Waals surface area contributed by atoms with Gasteiger partial charge in [-0.2, -0.15) is 5.10 Å². The number of carbonyl (C=O) groups is 1. The van der Waals surface area contributed by atoms with Crippen molar-refractivity contribution in [1.82, 2.24) is 9.78 Å². The van der Waals surface area contributed by atoms with E-state index in [4.69, 9.17) is 21.1 Å². The van der Waals surface area contributed by atoms with Crippen LogP contribution < -0.4 is 9.47 Å². The zero-order valence-electron chi connectivity index (χ0n) is 17.9. The van der Waals surface area contributed by atoms with Crippen LogP contribution in [0.3, 0.4) is 0 Å². The Kier molecular flexibility index (Phi) is 7.57. The van der Waals surface area contributed by atoms with Crippen molar-refractivity contribution in [2.75, 3.05) is 7.11 Å². The monoisotopic (exact) mass is 502 g/mol. The van der Waals surface area contributed by atoms with Gasteiger partial charge < -0.3 is 9.47 Å². The fourth-order valence-electron chi connectivity index (χ4n) is 3.26. The number of carbonyl (C=O) groups excluding carboxylic acids is 1. The quantitative estimate of drug-likeness (QED) is 0.263. The molecular formula is C24H24BrClN2O3. The van der Waals surface area contributed by atoms with Crippen molar-refractivity contribution in [2.24, 2.45) is 0 Å². The fourth-order valence-corrected chi connectivity index (χ4v) is 3.86. The number of allylic oxidation sites excluding steroid dienone is 1. The number of aryl methyl sites for hydroxylation is 3. The van der Waals surface area contributed by atoms with E-state index < -0.39 is 0 Å². The van der Waals surface area contributed by atoms with Crippen LogP contribution in [0.1, 0.15) is 39.7 Å². The molecule has 162 valence electrons. The van der Waals surface area contributed by atoms with Crippen LogP contribution in [0.4, 0.5) is 0 Å². The lowest BCUT2D eigenvalue weighted by Crippen LogP contribution is -2.07. The van der Waals surface area contributed by atoms with E-state index in [9.17, 15) is 4.79 Å². The Hall–Kier alpha value is -2.57. The van der Waals surface area contributed by atoms with Gasteiger partial charge in [-0.3, -0.25) is 9.48 Å². The Morgan fingerprint density at radius 3 is 2.58 bits per heavy atom. The Bertz CT molecular complexity index is 1110. The molecule has 1 heterocycles. The summed E-state index contributed by atoms with van der Waals surface area (Å²) >= 11 is 9.64.